The van der Waals surface area contributed by atoms with E-state index in [9.17, 15) is 4.79 Å². The predicted molar refractivity (Wildman–Crippen MR) is 87.7 cm³/mol. The summed E-state index contributed by atoms with van der Waals surface area (Å²) >= 11 is 6.20. The average Bonchev–Trinajstić information content (AvgIpc) is 3.31. The maximum absolute atomic E-state index is 12.2. The van der Waals surface area contributed by atoms with Gasteiger partial charge >= 0.3 is 0 Å². The molecular weight excluding hydrogens is 300 g/mol. The lowest BCUT2D eigenvalue weighted by Crippen LogP contribution is -2.14. The third-order valence-electron chi connectivity index (χ3n) is 3.56. The zero-order valence-corrected chi connectivity index (χ0v) is 13.3. The molecule has 1 saturated carbocycles. The minimum Gasteiger partial charge on any atom is -0.376 e. The fraction of sp³-hybridized carbons (Fsp3) is 0.312. The van der Waals surface area contributed by atoms with Gasteiger partial charge in [-0.1, -0.05) is 11.6 Å². The van der Waals surface area contributed by atoms with E-state index in [2.05, 4.69) is 15.3 Å². The van der Waals surface area contributed by atoms with Crippen LogP contribution in [0, 0.1) is 0 Å². The van der Waals surface area contributed by atoms with Crippen molar-refractivity contribution in [3.05, 3.63) is 47.0 Å². The average molecular weight is 317 g/mol. The minimum atomic E-state index is -0.240. The van der Waals surface area contributed by atoms with Crippen LogP contribution in [0.25, 0.3) is 0 Å². The number of benzene rings is 1. The molecule has 1 aliphatic carbocycles. The molecule has 2 aromatic rings. The Hall–Kier alpha value is -2.14. The zero-order valence-electron chi connectivity index (χ0n) is 12.5. The van der Waals surface area contributed by atoms with Crippen molar-refractivity contribution in [2.75, 3.05) is 24.3 Å². The predicted octanol–water partition coefficient (Wildman–Crippen LogP) is 3.33. The molecule has 1 amide bonds. The number of hydrogen-bond donors (Lipinski definition) is 1. The van der Waals surface area contributed by atoms with Crippen LogP contribution in [-0.4, -0.2) is 30.0 Å². The van der Waals surface area contributed by atoms with Gasteiger partial charge in [-0.15, -0.1) is 0 Å². The molecule has 0 bridgehead atoms. The van der Waals surface area contributed by atoms with Gasteiger partial charge in [0.25, 0.3) is 5.91 Å². The van der Waals surface area contributed by atoms with Gasteiger partial charge in [0.2, 0.25) is 0 Å². The molecular formula is C16H17ClN4O. The molecule has 1 heterocycles. The number of carbonyl (C=O) groups is 1. The Bertz CT molecular complexity index is 696. The van der Waals surface area contributed by atoms with Gasteiger partial charge in [0, 0.05) is 38.1 Å². The molecule has 0 atom stereocenters. The van der Waals surface area contributed by atoms with Crippen LogP contribution in [0.3, 0.4) is 0 Å². The van der Waals surface area contributed by atoms with E-state index in [0.29, 0.717) is 22.2 Å². The Kier molecular flexibility index (Phi) is 3.98. The quantitative estimate of drug-likeness (QED) is 0.940. The molecule has 1 aliphatic rings. The first kappa shape index (κ1) is 14.8. The molecule has 5 nitrogen and oxygen atoms in total. The van der Waals surface area contributed by atoms with Gasteiger partial charge in [-0.05, 0) is 31.0 Å². The summed E-state index contributed by atoms with van der Waals surface area (Å²) in [5.41, 5.74) is 1.99. The summed E-state index contributed by atoms with van der Waals surface area (Å²) < 4.78 is 0. The van der Waals surface area contributed by atoms with Crippen LogP contribution in [0.1, 0.15) is 34.9 Å². The first-order chi connectivity index (χ1) is 10.5. The Morgan fingerprint density at radius 3 is 2.50 bits per heavy atom. The third-order valence-corrected chi connectivity index (χ3v) is 3.87. The molecule has 1 aromatic carbocycles. The molecule has 0 saturated heterocycles. The SMILES string of the molecule is CN(C)c1ccc(NC(=O)c2cnc(C3CC3)nc2)cc1Cl. The van der Waals surface area contributed by atoms with Gasteiger partial charge in [0.1, 0.15) is 5.82 Å². The van der Waals surface area contributed by atoms with Crippen LogP contribution >= 0.6 is 11.6 Å². The number of carbonyl (C=O) groups excluding carboxylic acids is 1. The second kappa shape index (κ2) is 5.93. The van der Waals surface area contributed by atoms with Gasteiger partial charge in [-0.25, -0.2) is 9.97 Å². The highest BCUT2D eigenvalue weighted by atomic mass is 35.5. The molecule has 0 spiro atoms. The zero-order chi connectivity index (χ0) is 15.7. The van der Waals surface area contributed by atoms with Crippen LogP contribution in [0.2, 0.25) is 5.02 Å². The Labute approximate surface area is 134 Å². The first-order valence-corrected chi connectivity index (χ1v) is 7.52. The lowest BCUT2D eigenvalue weighted by Gasteiger charge is -2.15. The molecule has 3 rings (SSSR count). The van der Waals surface area contributed by atoms with Crippen molar-refractivity contribution in [3.8, 4) is 0 Å². The van der Waals surface area contributed by atoms with E-state index in [-0.39, 0.29) is 5.91 Å². The maximum atomic E-state index is 12.2. The van der Waals surface area contributed by atoms with E-state index >= 15 is 0 Å². The van der Waals surface area contributed by atoms with Crippen molar-refractivity contribution < 1.29 is 4.79 Å². The standard InChI is InChI=1S/C16H17ClN4O/c1-21(2)14-6-5-12(7-13(14)17)20-16(22)11-8-18-15(19-9-11)10-3-4-10/h5-10H,3-4H2,1-2H3,(H,20,22). The van der Waals surface area contributed by atoms with Crippen LogP contribution < -0.4 is 10.2 Å². The number of amides is 1. The molecule has 0 aliphatic heterocycles. The van der Waals surface area contributed by atoms with Gasteiger partial charge < -0.3 is 10.2 Å². The number of rotatable bonds is 4. The van der Waals surface area contributed by atoms with Crippen LogP contribution in [0.5, 0.6) is 0 Å². The summed E-state index contributed by atoms with van der Waals surface area (Å²) in [7, 11) is 3.83. The topological polar surface area (TPSA) is 58.1 Å². The Morgan fingerprint density at radius 1 is 1.27 bits per heavy atom. The summed E-state index contributed by atoms with van der Waals surface area (Å²) in [6.07, 6.45) is 5.43. The number of nitrogens with one attached hydrogen (secondary N) is 1. The fourth-order valence-corrected chi connectivity index (χ4v) is 2.51. The van der Waals surface area contributed by atoms with Crippen LogP contribution in [0.4, 0.5) is 11.4 Å². The number of anilines is 2. The van der Waals surface area contributed by atoms with E-state index in [1.54, 1.807) is 18.5 Å². The highest BCUT2D eigenvalue weighted by Gasteiger charge is 2.26. The van der Waals surface area contributed by atoms with Crippen molar-refractivity contribution in [1.29, 1.82) is 0 Å². The number of hydrogen-bond acceptors (Lipinski definition) is 4. The fourth-order valence-electron chi connectivity index (χ4n) is 2.16. The van der Waals surface area contributed by atoms with Crippen molar-refractivity contribution in [2.45, 2.75) is 18.8 Å². The van der Waals surface area contributed by atoms with E-state index in [1.807, 2.05) is 31.1 Å². The van der Waals surface area contributed by atoms with E-state index in [4.69, 9.17) is 11.6 Å². The molecule has 6 heteroatoms. The summed E-state index contributed by atoms with van der Waals surface area (Å²) in [4.78, 5) is 22.6. The second-order valence-electron chi connectivity index (χ2n) is 5.62. The van der Waals surface area contributed by atoms with Gasteiger partial charge in [-0.3, -0.25) is 4.79 Å². The normalized spacial score (nSPS) is 13.8. The Balaban J connectivity index is 1.71. The molecule has 0 radical (unpaired) electrons. The van der Waals surface area contributed by atoms with Crippen molar-refractivity contribution >= 4 is 28.9 Å². The number of aromatic nitrogens is 2. The third kappa shape index (κ3) is 3.20. The smallest absolute Gasteiger partial charge is 0.258 e. The lowest BCUT2D eigenvalue weighted by molar-refractivity contribution is 0.102. The van der Waals surface area contributed by atoms with Crippen LogP contribution in [-0.2, 0) is 0 Å². The highest BCUT2D eigenvalue weighted by Crippen LogP contribution is 2.37. The lowest BCUT2D eigenvalue weighted by atomic mass is 10.2. The molecule has 22 heavy (non-hydrogen) atoms. The van der Waals surface area contributed by atoms with Crippen molar-refractivity contribution in [1.82, 2.24) is 9.97 Å². The van der Waals surface area contributed by atoms with Gasteiger partial charge in [-0.2, -0.15) is 0 Å². The number of halogens is 1. The minimum absolute atomic E-state index is 0.240. The maximum Gasteiger partial charge on any atom is 0.258 e. The largest absolute Gasteiger partial charge is 0.376 e. The molecule has 1 aromatic heterocycles. The molecule has 114 valence electrons. The van der Waals surface area contributed by atoms with Crippen LogP contribution in [0.15, 0.2) is 30.6 Å². The summed E-state index contributed by atoms with van der Waals surface area (Å²) in [6.45, 7) is 0. The molecule has 1 fully saturated rings. The van der Waals surface area contributed by atoms with Gasteiger partial charge in [0.05, 0.1) is 16.3 Å². The summed E-state index contributed by atoms with van der Waals surface area (Å²) in [5.74, 6) is 1.07. The van der Waals surface area contributed by atoms with Crippen molar-refractivity contribution in [2.24, 2.45) is 0 Å². The Morgan fingerprint density at radius 2 is 1.95 bits per heavy atom. The monoisotopic (exact) mass is 316 g/mol. The van der Waals surface area contributed by atoms with Crippen molar-refractivity contribution in [3.63, 3.8) is 0 Å². The summed E-state index contributed by atoms with van der Waals surface area (Å²) in [5, 5.41) is 3.39. The van der Waals surface area contributed by atoms with E-state index in [1.165, 1.54) is 0 Å². The van der Waals surface area contributed by atoms with E-state index in [0.717, 1.165) is 24.4 Å². The highest BCUT2D eigenvalue weighted by molar-refractivity contribution is 6.33. The van der Waals surface area contributed by atoms with Gasteiger partial charge in [0.15, 0.2) is 0 Å². The number of nitrogens with zero attached hydrogens (tertiary/aromatic N) is 3. The van der Waals surface area contributed by atoms with E-state index < -0.39 is 0 Å². The summed E-state index contributed by atoms with van der Waals surface area (Å²) in [6, 6.07) is 5.41. The first-order valence-electron chi connectivity index (χ1n) is 7.15. The molecule has 1 N–H and O–H groups in total. The second-order valence-corrected chi connectivity index (χ2v) is 6.03. The molecule has 0 unspecified atom stereocenters.